The van der Waals surface area contributed by atoms with Crippen molar-refractivity contribution in [2.75, 3.05) is 0 Å². The average Bonchev–Trinajstić information content (AvgIpc) is 3.68. The molecule has 231 valence electrons. The first-order valence-corrected chi connectivity index (χ1v) is 16.5. The average molecular weight is 747 g/mol. The predicted molar refractivity (Wildman–Crippen MR) is 171 cm³/mol. The third-order valence-corrected chi connectivity index (χ3v) is 11.7. The number of hydrogen-bond acceptors (Lipinski definition) is 3. The molecule has 3 aliphatic rings. The summed E-state index contributed by atoms with van der Waals surface area (Å²) in [5.41, 5.74) is 7.29. The summed E-state index contributed by atoms with van der Waals surface area (Å²) in [5.74, 6) is 1.39. The van der Waals surface area contributed by atoms with Crippen molar-refractivity contribution in [1.29, 1.82) is 0 Å². The van der Waals surface area contributed by atoms with Gasteiger partial charge in [0.15, 0.2) is 0 Å². The molecule has 3 aliphatic carbocycles. The van der Waals surface area contributed by atoms with Crippen molar-refractivity contribution in [1.82, 2.24) is 4.98 Å². The normalized spacial score (nSPS) is 26.0. The van der Waals surface area contributed by atoms with Crippen LogP contribution in [0.4, 0.5) is 0 Å². The van der Waals surface area contributed by atoms with Gasteiger partial charge >= 0.3 is 0 Å². The van der Waals surface area contributed by atoms with E-state index in [1.165, 1.54) is 47.8 Å². The van der Waals surface area contributed by atoms with Crippen LogP contribution >= 0.6 is 0 Å². The standard InChI is InChI=1S/C22H22N.C16H30O2.Ir/c1-15-12-16(2)14-18(13-15)21-11-10-20-19(17-6-3-4-7-17)8-5-9-22(20)23-21;1-5-15(6-2)9-11-10-16(7-3,8-4)14(18)12(11)13(15)17;/h5,8-13,17H,3-4,6-7H2,1-2H3;11-14,17-18H,5-10H2,1-4H3;/q-1;;. The molecule has 2 unspecified atom stereocenters. The largest absolute Gasteiger partial charge is 0.392 e. The van der Waals surface area contributed by atoms with E-state index in [1.54, 1.807) is 0 Å². The second-order valence-corrected chi connectivity index (χ2v) is 13.6. The van der Waals surface area contributed by atoms with Crippen molar-refractivity contribution in [2.24, 2.45) is 22.7 Å². The second-order valence-electron chi connectivity index (χ2n) is 13.6. The third-order valence-electron chi connectivity index (χ3n) is 11.7. The Morgan fingerprint density at radius 2 is 1.43 bits per heavy atom. The fraction of sp³-hybridized carbons (Fsp3) is 0.605. The van der Waals surface area contributed by atoms with Crippen LogP contribution in [0.1, 0.15) is 115 Å². The van der Waals surface area contributed by atoms with Crippen molar-refractivity contribution < 1.29 is 30.3 Å². The molecule has 1 heterocycles. The van der Waals surface area contributed by atoms with Crippen molar-refractivity contribution >= 4 is 10.9 Å². The molecule has 1 radical (unpaired) electrons. The van der Waals surface area contributed by atoms with E-state index in [0.717, 1.165) is 61.2 Å². The molecule has 2 aromatic carbocycles. The summed E-state index contributed by atoms with van der Waals surface area (Å²) in [6, 6.07) is 18.8. The molecule has 0 bridgehead atoms. The van der Waals surface area contributed by atoms with Crippen LogP contribution in [0, 0.1) is 42.6 Å². The zero-order valence-corrected chi connectivity index (χ0v) is 29.1. The minimum Gasteiger partial charge on any atom is -0.392 e. The van der Waals surface area contributed by atoms with Gasteiger partial charge in [0.25, 0.3) is 0 Å². The number of fused-ring (bicyclic) bond motifs is 2. The minimum absolute atomic E-state index is 0. The first-order chi connectivity index (χ1) is 19.7. The molecule has 2 N–H and O–H groups in total. The number of nitrogens with zero attached hydrogens (tertiary/aromatic N) is 1. The summed E-state index contributed by atoms with van der Waals surface area (Å²) in [6.07, 6.45) is 11.2. The van der Waals surface area contributed by atoms with E-state index in [-0.39, 0.29) is 49.1 Å². The van der Waals surface area contributed by atoms with E-state index in [2.05, 4.69) is 90.1 Å². The van der Waals surface area contributed by atoms with Gasteiger partial charge in [-0.05, 0) is 91.4 Å². The molecule has 3 saturated carbocycles. The molecular weight excluding hydrogens is 695 g/mol. The number of benzene rings is 2. The Morgan fingerprint density at radius 3 is 1.95 bits per heavy atom. The summed E-state index contributed by atoms with van der Waals surface area (Å²) in [7, 11) is 0. The first-order valence-electron chi connectivity index (χ1n) is 16.5. The van der Waals surface area contributed by atoms with E-state index < -0.39 is 0 Å². The Hall–Kier alpha value is -1.58. The maximum Gasteiger partial charge on any atom is 0.0651 e. The van der Waals surface area contributed by atoms with Crippen LogP contribution in [0.25, 0.3) is 22.2 Å². The van der Waals surface area contributed by atoms with Gasteiger partial charge < -0.3 is 10.2 Å². The van der Waals surface area contributed by atoms with Crippen LogP contribution in [0.15, 0.2) is 42.5 Å². The molecule has 3 nitrogen and oxygen atoms in total. The van der Waals surface area contributed by atoms with Crippen LogP contribution in [0.3, 0.4) is 0 Å². The Kier molecular flexibility index (Phi) is 10.8. The molecule has 3 fully saturated rings. The molecule has 0 aliphatic heterocycles. The number of hydrogen-bond donors (Lipinski definition) is 2. The Balaban J connectivity index is 0.000000194. The topological polar surface area (TPSA) is 53.4 Å². The molecule has 6 rings (SSSR count). The van der Waals surface area contributed by atoms with Gasteiger partial charge in [-0.25, -0.2) is 0 Å². The quantitative estimate of drug-likeness (QED) is 0.248. The molecule has 3 aromatic rings. The van der Waals surface area contributed by atoms with Gasteiger partial charge in [-0.3, -0.25) is 4.98 Å². The Bertz CT molecular complexity index is 1290. The monoisotopic (exact) mass is 747 g/mol. The summed E-state index contributed by atoms with van der Waals surface area (Å²) < 4.78 is 0. The van der Waals surface area contributed by atoms with Crippen molar-refractivity contribution in [3.8, 4) is 11.3 Å². The van der Waals surface area contributed by atoms with Crippen LogP contribution in [0.5, 0.6) is 0 Å². The van der Waals surface area contributed by atoms with E-state index in [4.69, 9.17) is 4.98 Å². The SMILES string of the molecule is CCC1(CC)CC2CC(CC)(CC)C(O)C2C1O.Cc1[c-]c(-c2ccc3c(C4CCCC4)cccc3n2)cc(C)c1.[Ir]. The molecule has 42 heavy (non-hydrogen) atoms. The maximum atomic E-state index is 10.7. The fourth-order valence-corrected chi connectivity index (χ4v) is 9.00. The number of rotatable bonds is 6. The van der Waals surface area contributed by atoms with Crippen molar-refractivity contribution in [3.63, 3.8) is 0 Å². The smallest absolute Gasteiger partial charge is 0.0651 e. The summed E-state index contributed by atoms with van der Waals surface area (Å²) >= 11 is 0. The zero-order valence-electron chi connectivity index (χ0n) is 26.7. The van der Waals surface area contributed by atoms with Gasteiger partial charge in [-0.15, -0.1) is 34.9 Å². The Morgan fingerprint density at radius 1 is 0.833 bits per heavy atom. The van der Waals surface area contributed by atoms with E-state index >= 15 is 0 Å². The van der Waals surface area contributed by atoms with Crippen LogP contribution in [-0.4, -0.2) is 27.4 Å². The molecule has 4 heteroatoms. The maximum absolute atomic E-state index is 10.7. The van der Waals surface area contributed by atoms with E-state index in [0.29, 0.717) is 5.92 Å². The number of aliphatic hydroxyl groups excluding tert-OH is 2. The first kappa shape index (κ1) is 33.3. The number of aliphatic hydroxyl groups is 2. The fourth-order valence-electron chi connectivity index (χ4n) is 9.00. The summed E-state index contributed by atoms with van der Waals surface area (Å²) in [5, 5.41) is 22.8. The number of aromatic nitrogens is 1. The van der Waals surface area contributed by atoms with E-state index in [1.807, 2.05) is 0 Å². The van der Waals surface area contributed by atoms with Gasteiger partial charge in [0.2, 0.25) is 0 Å². The molecule has 0 saturated heterocycles. The second kappa shape index (κ2) is 13.6. The summed E-state index contributed by atoms with van der Waals surface area (Å²) in [4.78, 5) is 4.93. The predicted octanol–water partition coefficient (Wildman–Crippen LogP) is 9.33. The van der Waals surface area contributed by atoms with Gasteiger partial charge in [-0.2, -0.15) is 0 Å². The van der Waals surface area contributed by atoms with Crippen molar-refractivity contribution in [2.45, 2.75) is 124 Å². The number of pyridine rings is 1. The van der Waals surface area contributed by atoms with Gasteiger partial charge in [0.1, 0.15) is 0 Å². The van der Waals surface area contributed by atoms with Gasteiger partial charge in [0, 0.05) is 31.4 Å². The van der Waals surface area contributed by atoms with Crippen LogP contribution in [-0.2, 0) is 20.1 Å². The van der Waals surface area contributed by atoms with Gasteiger partial charge in [0.05, 0.1) is 17.7 Å². The third kappa shape index (κ3) is 6.03. The molecule has 0 amide bonds. The molecular formula is C38H52IrNO2-. The van der Waals surface area contributed by atoms with Crippen LogP contribution in [0.2, 0.25) is 0 Å². The number of aryl methyl sites for hydroxylation is 2. The van der Waals surface area contributed by atoms with Crippen LogP contribution < -0.4 is 0 Å². The summed E-state index contributed by atoms with van der Waals surface area (Å²) in [6.45, 7) is 13.0. The Labute approximate surface area is 268 Å². The minimum atomic E-state index is -0.299. The van der Waals surface area contributed by atoms with Crippen molar-refractivity contribution in [3.05, 3.63) is 65.2 Å². The zero-order chi connectivity index (χ0) is 29.4. The molecule has 0 spiro atoms. The molecule has 2 atom stereocenters. The van der Waals surface area contributed by atoms with E-state index in [9.17, 15) is 10.2 Å². The van der Waals surface area contributed by atoms with Gasteiger partial charge in [-0.1, -0.05) is 78.6 Å². The molecule has 1 aromatic heterocycles.